The zero-order valence-corrected chi connectivity index (χ0v) is 9.85. The summed E-state index contributed by atoms with van der Waals surface area (Å²) in [6.07, 6.45) is 6.00. The van der Waals surface area contributed by atoms with Gasteiger partial charge < -0.3 is 0 Å². The van der Waals surface area contributed by atoms with Gasteiger partial charge in [0.05, 0.1) is 0 Å². The lowest BCUT2D eigenvalue weighted by Crippen LogP contribution is -1.80. The van der Waals surface area contributed by atoms with Gasteiger partial charge in [0.25, 0.3) is 0 Å². The summed E-state index contributed by atoms with van der Waals surface area (Å²) in [4.78, 5) is 2.40. The Labute approximate surface area is 98.5 Å². The summed E-state index contributed by atoms with van der Waals surface area (Å²) >= 11 is 3.28. The van der Waals surface area contributed by atoms with Crippen molar-refractivity contribution in [3.8, 4) is 0 Å². The minimum Gasteiger partial charge on any atom is -0.218 e. The number of hydrogen-bond donors (Lipinski definition) is 0. The molecule has 1 aromatic carbocycles. The minimum atomic E-state index is 0.921. The highest BCUT2D eigenvalue weighted by Gasteiger charge is 2.04. The zero-order valence-electron chi connectivity index (χ0n) is 8.22. The van der Waals surface area contributed by atoms with Gasteiger partial charge in [-0.25, -0.2) is 4.40 Å². The van der Waals surface area contributed by atoms with Gasteiger partial charge in [0.1, 0.15) is 0 Å². The van der Waals surface area contributed by atoms with E-state index >= 15 is 0 Å². The van der Waals surface area contributed by atoms with E-state index in [0.717, 1.165) is 5.75 Å². The fourth-order valence-corrected chi connectivity index (χ4v) is 2.61. The maximum absolute atomic E-state index is 4.31. The maximum Gasteiger partial charge on any atom is 0.0491 e. The molecule has 0 atom stereocenters. The highest BCUT2D eigenvalue weighted by molar-refractivity contribution is 8.04. The van der Waals surface area contributed by atoms with E-state index in [0.29, 0.717) is 0 Å². The van der Waals surface area contributed by atoms with Gasteiger partial charge in [-0.3, -0.25) is 0 Å². The molecule has 1 heterocycles. The average Bonchev–Trinajstić information content (AvgIpc) is 2.47. The van der Waals surface area contributed by atoms with Crippen LogP contribution in [0.4, 0.5) is 0 Å². The van der Waals surface area contributed by atoms with Crippen molar-refractivity contribution in [3.63, 3.8) is 0 Å². The lowest BCUT2D eigenvalue weighted by atomic mass is 10.2. The maximum atomic E-state index is 4.31. The van der Waals surface area contributed by atoms with E-state index in [4.69, 9.17) is 0 Å². The SMILES string of the molecule is C=CCSC1=Cc2ccccc2SN=C1. The van der Waals surface area contributed by atoms with Crippen LogP contribution in [0.15, 0.2) is 51.1 Å². The van der Waals surface area contributed by atoms with Gasteiger partial charge in [0.2, 0.25) is 0 Å². The molecule has 0 amide bonds. The smallest absolute Gasteiger partial charge is 0.0491 e. The molecule has 15 heavy (non-hydrogen) atoms. The molecular weight excluding hydrogens is 222 g/mol. The first-order valence-electron chi connectivity index (χ1n) is 4.65. The molecule has 0 saturated heterocycles. The Hall–Kier alpha value is -0.930. The average molecular weight is 233 g/mol. The second-order valence-corrected chi connectivity index (χ2v) is 4.94. The van der Waals surface area contributed by atoms with E-state index in [-0.39, 0.29) is 0 Å². The summed E-state index contributed by atoms with van der Waals surface area (Å²) in [5.74, 6) is 0.921. The van der Waals surface area contributed by atoms with Crippen LogP contribution in [0, 0.1) is 0 Å². The predicted molar refractivity (Wildman–Crippen MR) is 71.4 cm³/mol. The number of allylic oxidation sites excluding steroid dienone is 1. The standard InChI is InChI=1S/C12H11NS2/c1-2-7-14-11-8-10-5-3-4-6-12(10)15-13-9-11/h2-6,8-9H,1,7H2. The normalized spacial score (nSPS) is 14.0. The Morgan fingerprint density at radius 1 is 1.40 bits per heavy atom. The molecule has 1 aliphatic heterocycles. The second kappa shape index (κ2) is 5.24. The van der Waals surface area contributed by atoms with Crippen LogP contribution in [0.25, 0.3) is 6.08 Å². The first-order valence-corrected chi connectivity index (χ1v) is 6.41. The molecule has 0 bridgehead atoms. The monoisotopic (exact) mass is 233 g/mol. The third kappa shape index (κ3) is 2.76. The van der Waals surface area contributed by atoms with Crippen molar-refractivity contribution < 1.29 is 0 Å². The number of benzene rings is 1. The molecule has 0 N–H and O–H groups in total. The molecule has 76 valence electrons. The summed E-state index contributed by atoms with van der Waals surface area (Å²) in [6.45, 7) is 3.72. The highest BCUT2D eigenvalue weighted by atomic mass is 32.2. The van der Waals surface area contributed by atoms with Crippen LogP contribution in [0.3, 0.4) is 0 Å². The fourth-order valence-electron chi connectivity index (χ4n) is 1.24. The third-order valence-electron chi connectivity index (χ3n) is 1.92. The fraction of sp³-hybridized carbons (Fsp3) is 0.0833. The van der Waals surface area contributed by atoms with Gasteiger partial charge in [-0.15, -0.1) is 18.3 Å². The summed E-state index contributed by atoms with van der Waals surface area (Å²) in [5.41, 5.74) is 1.24. The second-order valence-electron chi connectivity index (χ2n) is 3.01. The molecule has 0 spiro atoms. The lowest BCUT2D eigenvalue weighted by molar-refractivity contribution is 1.43. The minimum absolute atomic E-state index is 0.921. The van der Waals surface area contributed by atoms with Crippen molar-refractivity contribution in [2.75, 3.05) is 5.75 Å². The molecule has 0 unspecified atom stereocenters. The van der Waals surface area contributed by atoms with Crippen LogP contribution in [-0.4, -0.2) is 12.0 Å². The van der Waals surface area contributed by atoms with Crippen molar-refractivity contribution in [1.82, 2.24) is 0 Å². The van der Waals surface area contributed by atoms with Gasteiger partial charge in [-0.05, 0) is 17.7 Å². The summed E-state index contributed by atoms with van der Waals surface area (Å²) < 4.78 is 4.31. The van der Waals surface area contributed by atoms with Gasteiger partial charge in [-0.1, -0.05) is 24.3 Å². The molecular formula is C12H11NS2. The molecule has 2 rings (SSSR count). The van der Waals surface area contributed by atoms with Crippen LogP contribution in [0.5, 0.6) is 0 Å². The molecule has 0 fully saturated rings. The number of nitrogens with zero attached hydrogens (tertiary/aromatic N) is 1. The molecule has 0 radical (unpaired) electrons. The van der Waals surface area contributed by atoms with Gasteiger partial charge in [0, 0.05) is 33.7 Å². The molecule has 0 aliphatic carbocycles. The quantitative estimate of drug-likeness (QED) is 0.577. The van der Waals surface area contributed by atoms with Gasteiger partial charge in [0.15, 0.2) is 0 Å². The Balaban J connectivity index is 2.27. The molecule has 3 heteroatoms. The first-order chi connectivity index (χ1) is 7.40. The van der Waals surface area contributed by atoms with Gasteiger partial charge in [-0.2, -0.15) is 0 Å². The topological polar surface area (TPSA) is 12.4 Å². The summed E-state index contributed by atoms with van der Waals surface area (Å²) in [7, 11) is 0. The number of hydrogen-bond acceptors (Lipinski definition) is 3. The lowest BCUT2D eigenvalue weighted by Gasteiger charge is -1.99. The van der Waals surface area contributed by atoms with E-state index in [1.54, 1.807) is 11.8 Å². The van der Waals surface area contributed by atoms with Crippen molar-refractivity contribution in [3.05, 3.63) is 47.4 Å². The van der Waals surface area contributed by atoms with Crippen LogP contribution < -0.4 is 0 Å². The van der Waals surface area contributed by atoms with Crippen molar-refractivity contribution >= 4 is 36.0 Å². The summed E-state index contributed by atoms with van der Waals surface area (Å²) in [5, 5.41) is 0. The van der Waals surface area contributed by atoms with Crippen LogP contribution >= 0.6 is 23.7 Å². The van der Waals surface area contributed by atoms with E-state index in [1.807, 2.05) is 18.4 Å². The Kier molecular flexibility index (Phi) is 3.69. The van der Waals surface area contributed by atoms with Crippen molar-refractivity contribution in [2.24, 2.45) is 4.40 Å². The largest absolute Gasteiger partial charge is 0.218 e. The highest BCUT2D eigenvalue weighted by Crippen LogP contribution is 2.30. The number of rotatable bonds is 3. The molecule has 1 aromatic rings. The van der Waals surface area contributed by atoms with Crippen LogP contribution in [0.2, 0.25) is 0 Å². The molecule has 0 saturated carbocycles. The molecule has 0 aromatic heterocycles. The predicted octanol–water partition coefficient (Wildman–Crippen LogP) is 4.04. The van der Waals surface area contributed by atoms with E-state index in [9.17, 15) is 0 Å². The number of fused-ring (bicyclic) bond motifs is 1. The number of thioether (sulfide) groups is 1. The van der Waals surface area contributed by atoms with E-state index in [2.05, 4.69) is 35.3 Å². The Morgan fingerprint density at radius 3 is 3.13 bits per heavy atom. The van der Waals surface area contributed by atoms with Crippen molar-refractivity contribution in [2.45, 2.75) is 4.90 Å². The molecule has 1 nitrogen and oxygen atoms in total. The zero-order chi connectivity index (χ0) is 10.5. The van der Waals surface area contributed by atoms with E-state index in [1.165, 1.54) is 27.3 Å². The Bertz CT molecular complexity index is 421. The Morgan fingerprint density at radius 2 is 2.27 bits per heavy atom. The first kappa shape index (κ1) is 10.6. The third-order valence-corrected chi connectivity index (χ3v) is 3.65. The van der Waals surface area contributed by atoms with Crippen molar-refractivity contribution in [1.29, 1.82) is 0 Å². The van der Waals surface area contributed by atoms with Crippen LogP contribution in [0.1, 0.15) is 5.56 Å². The van der Waals surface area contributed by atoms with E-state index < -0.39 is 0 Å². The summed E-state index contributed by atoms with van der Waals surface area (Å²) in [6, 6.07) is 8.30. The van der Waals surface area contributed by atoms with Crippen LogP contribution in [-0.2, 0) is 0 Å². The molecule has 1 aliphatic rings. The van der Waals surface area contributed by atoms with Gasteiger partial charge >= 0.3 is 0 Å².